The molecule has 3 N–H and O–H groups in total. The summed E-state index contributed by atoms with van der Waals surface area (Å²) >= 11 is 0. The van der Waals surface area contributed by atoms with Crippen LogP contribution in [0.15, 0.2) is 89.6 Å². The van der Waals surface area contributed by atoms with Gasteiger partial charge in [0.2, 0.25) is 0 Å². The Balaban J connectivity index is 2.49. The van der Waals surface area contributed by atoms with Crippen LogP contribution in [0.3, 0.4) is 0 Å². The molecule has 1 aliphatic rings. The van der Waals surface area contributed by atoms with Crippen molar-refractivity contribution in [2.75, 3.05) is 19.8 Å². The zero-order valence-corrected chi connectivity index (χ0v) is 20.1. The van der Waals surface area contributed by atoms with Crippen molar-refractivity contribution in [2.24, 2.45) is 5.73 Å². The number of benzene rings is 1. The number of hydrogen-bond acceptors (Lipinski definition) is 6. The highest BCUT2D eigenvalue weighted by Gasteiger charge is 2.24. The summed E-state index contributed by atoms with van der Waals surface area (Å²) in [7, 11) is 0. The predicted octanol–water partition coefficient (Wildman–Crippen LogP) is 4.44. The highest BCUT2D eigenvalue weighted by Crippen LogP contribution is 2.36. The molecule has 0 fully saturated rings. The van der Waals surface area contributed by atoms with E-state index in [4.69, 9.17) is 15.2 Å². The number of carbonyl (C=O) groups is 2. The minimum Gasteiger partial charge on any atom is -0.459 e. The molecule has 0 saturated carbocycles. The number of esters is 2. The van der Waals surface area contributed by atoms with Crippen LogP contribution in [0.1, 0.15) is 43.1 Å². The molecular weight excluding hydrogens is 430 g/mol. The third kappa shape index (κ3) is 7.01. The Morgan fingerprint density at radius 3 is 2.38 bits per heavy atom. The molecule has 0 heterocycles. The maximum Gasteiger partial charge on any atom is 0.338 e. The first kappa shape index (κ1) is 26.8. The second-order valence-electron chi connectivity index (χ2n) is 8.09. The molecule has 180 valence electrons. The quantitative estimate of drug-likeness (QED) is 0.243. The molecular formula is C28H33NO5. The van der Waals surface area contributed by atoms with Gasteiger partial charge in [-0.3, -0.25) is 0 Å². The van der Waals surface area contributed by atoms with E-state index in [1.54, 1.807) is 19.1 Å². The van der Waals surface area contributed by atoms with Gasteiger partial charge in [-0.2, -0.15) is 0 Å². The summed E-state index contributed by atoms with van der Waals surface area (Å²) in [5.74, 6) is -1.09. The van der Waals surface area contributed by atoms with Crippen molar-refractivity contribution >= 4 is 17.5 Å². The summed E-state index contributed by atoms with van der Waals surface area (Å²) in [5, 5.41) is 10.9. The summed E-state index contributed by atoms with van der Waals surface area (Å²) in [6, 6.07) is 7.08. The van der Waals surface area contributed by atoms with Crippen LogP contribution >= 0.6 is 0 Å². The normalized spacial score (nSPS) is 17.9. The van der Waals surface area contributed by atoms with Gasteiger partial charge in [-0.25, -0.2) is 9.59 Å². The molecule has 1 aromatic carbocycles. The lowest BCUT2D eigenvalue weighted by atomic mass is 9.83. The molecule has 6 heteroatoms. The summed E-state index contributed by atoms with van der Waals surface area (Å²) in [6.07, 6.45) is 7.12. The van der Waals surface area contributed by atoms with Crippen molar-refractivity contribution in [1.82, 2.24) is 0 Å². The van der Waals surface area contributed by atoms with Gasteiger partial charge < -0.3 is 20.3 Å². The van der Waals surface area contributed by atoms with Crippen molar-refractivity contribution < 1.29 is 24.2 Å². The third-order valence-corrected chi connectivity index (χ3v) is 5.39. The van der Waals surface area contributed by atoms with E-state index in [1.807, 2.05) is 50.3 Å². The maximum absolute atomic E-state index is 13.0. The topological polar surface area (TPSA) is 98.9 Å². The molecule has 1 aromatic rings. The fourth-order valence-corrected chi connectivity index (χ4v) is 3.48. The lowest BCUT2D eigenvalue weighted by molar-refractivity contribution is -0.140. The summed E-state index contributed by atoms with van der Waals surface area (Å²) in [5.41, 5.74) is 11.0. The Labute approximate surface area is 201 Å². The predicted molar refractivity (Wildman–Crippen MR) is 135 cm³/mol. The zero-order chi connectivity index (χ0) is 25.3. The highest BCUT2D eigenvalue weighted by atomic mass is 16.6. The molecule has 1 atom stereocenters. The number of hydrogen-bond donors (Lipinski definition) is 2. The summed E-state index contributed by atoms with van der Waals surface area (Å²) in [6.45, 7) is 13.1. The molecule has 0 aliphatic heterocycles. The van der Waals surface area contributed by atoms with Crippen LogP contribution < -0.4 is 5.73 Å². The molecule has 1 aliphatic carbocycles. The number of rotatable bonds is 9. The van der Waals surface area contributed by atoms with Crippen LogP contribution in [0.2, 0.25) is 0 Å². The first-order valence-corrected chi connectivity index (χ1v) is 11.1. The number of aliphatic hydroxyl groups is 1. The van der Waals surface area contributed by atoms with E-state index in [2.05, 4.69) is 13.2 Å². The van der Waals surface area contributed by atoms with Crippen molar-refractivity contribution in [3.8, 4) is 0 Å². The third-order valence-electron chi connectivity index (χ3n) is 5.39. The van der Waals surface area contributed by atoms with E-state index in [-0.39, 0.29) is 18.8 Å². The van der Waals surface area contributed by atoms with Gasteiger partial charge in [0.15, 0.2) is 0 Å². The smallest absolute Gasteiger partial charge is 0.338 e. The van der Waals surface area contributed by atoms with E-state index in [0.29, 0.717) is 29.7 Å². The Morgan fingerprint density at radius 2 is 1.76 bits per heavy atom. The van der Waals surface area contributed by atoms with Gasteiger partial charge in [-0.15, -0.1) is 0 Å². The van der Waals surface area contributed by atoms with Gasteiger partial charge in [-0.1, -0.05) is 61.2 Å². The second-order valence-corrected chi connectivity index (χ2v) is 8.09. The number of nitrogens with two attached hydrogens (primary N) is 1. The molecule has 0 spiro atoms. The Kier molecular flexibility index (Phi) is 9.98. The van der Waals surface area contributed by atoms with Crippen LogP contribution in [0.5, 0.6) is 0 Å². The van der Waals surface area contributed by atoms with Gasteiger partial charge >= 0.3 is 11.9 Å². The fourth-order valence-electron chi connectivity index (χ4n) is 3.48. The average molecular weight is 464 g/mol. The maximum atomic E-state index is 13.0. The highest BCUT2D eigenvalue weighted by molar-refractivity contribution is 5.99. The van der Waals surface area contributed by atoms with Crippen molar-refractivity contribution in [3.63, 3.8) is 0 Å². The van der Waals surface area contributed by atoms with Crippen LogP contribution in [-0.2, 0) is 14.3 Å². The molecule has 0 bridgehead atoms. The molecule has 6 nitrogen and oxygen atoms in total. The van der Waals surface area contributed by atoms with E-state index < -0.39 is 18.0 Å². The number of aliphatic hydroxyl groups excluding tert-OH is 1. The molecule has 0 aromatic heterocycles. The number of allylic oxidation sites excluding steroid dienone is 5. The molecule has 1 unspecified atom stereocenters. The fraction of sp³-hybridized carbons (Fsp3) is 0.286. The van der Waals surface area contributed by atoms with Gasteiger partial charge in [0.05, 0.1) is 11.7 Å². The van der Waals surface area contributed by atoms with E-state index in [0.717, 1.165) is 22.3 Å². The van der Waals surface area contributed by atoms with Gasteiger partial charge in [0.1, 0.15) is 13.2 Å². The van der Waals surface area contributed by atoms with Crippen molar-refractivity contribution in [2.45, 2.75) is 33.3 Å². The number of ether oxygens (including phenoxy) is 2. The standard InChI is InChI=1S/C28H33NO5/c1-18(2)27(31)33-15-16-34-28(32)23-11-7-6-10-22(23)26(21(5)20(4)9-8-14-29)24-13-12-19(3)17-25(24)30/h6-13,25,30H,1,3,14-17,29H2,2,4-5H3/b9-8-,21-20+,26-24+. The lowest BCUT2D eigenvalue weighted by Gasteiger charge is -2.24. The first-order chi connectivity index (χ1) is 16.2. The van der Waals surface area contributed by atoms with Gasteiger partial charge in [-0.05, 0) is 54.7 Å². The van der Waals surface area contributed by atoms with Gasteiger partial charge in [0.25, 0.3) is 0 Å². The van der Waals surface area contributed by atoms with E-state index in [9.17, 15) is 14.7 Å². The Hall–Kier alpha value is -3.48. The SMILES string of the molecule is C=C1C=C/C(=C(/C(C)=C(C)/C=C\CN)c2ccccc2C(=O)OCCOC(=O)C(=C)C)C(O)C1. The number of carbonyl (C=O) groups excluding carboxylic acids is 2. The average Bonchev–Trinajstić information content (AvgIpc) is 2.81. The van der Waals surface area contributed by atoms with Crippen molar-refractivity contribution in [3.05, 3.63) is 101 Å². The minimum atomic E-state index is -0.764. The monoisotopic (exact) mass is 463 g/mol. The largest absolute Gasteiger partial charge is 0.459 e. The Bertz CT molecular complexity index is 1090. The minimum absolute atomic E-state index is 0.0704. The molecule has 0 radical (unpaired) electrons. The molecule has 0 saturated heterocycles. The zero-order valence-electron chi connectivity index (χ0n) is 20.1. The second kappa shape index (κ2) is 12.7. The van der Waals surface area contributed by atoms with E-state index >= 15 is 0 Å². The van der Waals surface area contributed by atoms with Crippen LogP contribution in [0.25, 0.3) is 5.57 Å². The summed E-state index contributed by atoms with van der Waals surface area (Å²) in [4.78, 5) is 24.5. The Morgan fingerprint density at radius 1 is 1.12 bits per heavy atom. The molecule has 0 amide bonds. The molecule has 34 heavy (non-hydrogen) atoms. The van der Waals surface area contributed by atoms with Crippen LogP contribution in [-0.4, -0.2) is 42.9 Å². The first-order valence-electron chi connectivity index (χ1n) is 11.1. The van der Waals surface area contributed by atoms with Crippen molar-refractivity contribution in [1.29, 1.82) is 0 Å². The van der Waals surface area contributed by atoms with E-state index in [1.165, 1.54) is 0 Å². The summed E-state index contributed by atoms with van der Waals surface area (Å²) < 4.78 is 10.4. The van der Waals surface area contributed by atoms with Crippen LogP contribution in [0, 0.1) is 0 Å². The molecule has 2 rings (SSSR count). The van der Waals surface area contributed by atoms with Crippen LogP contribution in [0.4, 0.5) is 0 Å². The van der Waals surface area contributed by atoms with Gasteiger partial charge in [0, 0.05) is 18.5 Å². The lowest BCUT2D eigenvalue weighted by Crippen LogP contribution is -2.18.